The highest BCUT2D eigenvalue weighted by Gasteiger charge is 2.27. The Morgan fingerprint density at radius 3 is 2.60 bits per heavy atom. The fourth-order valence-corrected chi connectivity index (χ4v) is 4.87. The van der Waals surface area contributed by atoms with Crippen LogP contribution in [0.15, 0.2) is 71.3 Å². The van der Waals surface area contributed by atoms with Crippen LogP contribution in [0.25, 0.3) is 0 Å². The molecular weight excluding hydrogens is 436 g/mol. The molecule has 1 aromatic heterocycles. The van der Waals surface area contributed by atoms with Gasteiger partial charge < -0.3 is 9.47 Å². The molecule has 1 saturated carbocycles. The van der Waals surface area contributed by atoms with E-state index in [4.69, 9.17) is 0 Å². The summed E-state index contributed by atoms with van der Waals surface area (Å²) in [7, 11) is 0. The van der Waals surface area contributed by atoms with Crippen molar-refractivity contribution in [1.82, 2.24) is 9.47 Å². The van der Waals surface area contributed by atoms with Crippen LogP contribution in [0.3, 0.4) is 0 Å². The topological polar surface area (TPSA) is 25.2 Å². The van der Waals surface area contributed by atoms with E-state index in [0.717, 1.165) is 29.4 Å². The van der Waals surface area contributed by atoms with Crippen molar-refractivity contribution in [1.29, 1.82) is 0 Å². The number of aryl methyl sites for hydroxylation is 1. The smallest absolute Gasteiger partial charge is 0.254 e. The number of aromatic nitrogens is 1. The first kappa shape index (κ1) is 20.9. The summed E-state index contributed by atoms with van der Waals surface area (Å²) in [5.74, 6) is 0.131. The van der Waals surface area contributed by atoms with Crippen LogP contribution >= 0.6 is 15.9 Å². The van der Waals surface area contributed by atoms with E-state index < -0.39 is 0 Å². The fraction of sp³-hybridized carbons (Fsp3) is 0.346. The highest BCUT2D eigenvalue weighted by Crippen LogP contribution is 2.27. The third-order valence-electron chi connectivity index (χ3n) is 6.04. The second-order valence-electron chi connectivity index (χ2n) is 8.35. The highest BCUT2D eigenvalue weighted by atomic mass is 79.9. The summed E-state index contributed by atoms with van der Waals surface area (Å²) < 4.78 is 3.22. The summed E-state index contributed by atoms with van der Waals surface area (Å²) in [6.45, 7) is 3.60. The minimum absolute atomic E-state index is 0.131. The normalized spacial score (nSPS) is 14.6. The van der Waals surface area contributed by atoms with Gasteiger partial charge in [-0.1, -0.05) is 71.1 Å². The van der Waals surface area contributed by atoms with E-state index in [1.54, 1.807) is 0 Å². The third kappa shape index (κ3) is 5.04. The van der Waals surface area contributed by atoms with Gasteiger partial charge >= 0.3 is 0 Å². The largest absolute Gasteiger partial charge is 0.345 e. The van der Waals surface area contributed by atoms with Crippen molar-refractivity contribution in [2.45, 2.75) is 58.2 Å². The zero-order valence-corrected chi connectivity index (χ0v) is 19.1. The first-order valence-electron chi connectivity index (χ1n) is 10.9. The molecule has 0 bridgehead atoms. The summed E-state index contributed by atoms with van der Waals surface area (Å²) in [4.78, 5) is 15.6. The predicted molar refractivity (Wildman–Crippen MR) is 126 cm³/mol. The Balaban J connectivity index is 1.59. The SMILES string of the molecule is Cc1cccc(Cn2cccc2CN(C(=O)c2cccc(Br)c2)C2CCCCC2)c1. The molecule has 4 rings (SSSR count). The van der Waals surface area contributed by atoms with Gasteiger partial charge in [0.1, 0.15) is 0 Å². The summed E-state index contributed by atoms with van der Waals surface area (Å²) >= 11 is 3.52. The monoisotopic (exact) mass is 464 g/mol. The Kier molecular flexibility index (Phi) is 6.73. The van der Waals surface area contributed by atoms with Crippen molar-refractivity contribution in [3.05, 3.63) is 93.7 Å². The molecule has 2 aromatic carbocycles. The molecule has 3 nitrogen and oxygen atoms in total. The van der Waals surface area contributed by atoms with Crippen molar-refractivity contribution in [3.63, 3.8) is 0 Å². The van der Waals surface area contributed by atoms with Crippen LogP contribution in [-0.4, -0.2) is 21.4 Å². The van der Waals surface area contributed by atoms with Crippen molar-refractivity contribution in [3.8, 4) is 0 Å². The zero-order chi connectivity index (χ0) is 20.9. The third-order valence-corrected chi connectivity index (χ3v) is 6.53. The Labute approximate surface area is 187 Å². The molecule has 1 fully saturated rings. The molecule has 1 aliphatic rings. The summed E-state index contributed by atoms with van der Waals surface area (Å²) in [5.41, 5.74) is 4.50. The number of benzene rings is 2. The van der Waals surface area contributed by atoms with Gasteiger partial charge in [0.05, 0.1) is 6.54 Å². The predicted octanol–water partition coefficient (Wildman–Crippen LogP) is 6.58. The molecule has 1 aliphatic carbocycles. The molecule has 0 saturated heterocycles. The molecule has 0 aliphatic heterocycles. The van der Waals surface area contributed by atoms with E-state index in [2.05, 4.69) is 74.9 Å². The lowest BCUT2D eigenvalue weighted by Crippen LogP contribution is -2.41. The molecule has 1 amide bonds. The Hall–Kier alpha value is -2.33. The second kappa shape index (κ2) is 9.65. The number of hydrogen-bond acceptors (Lipinski definition) is 1. The number of hydrogen-bond donors (Lipinski definition) is 0. The summed E-state index contributed by atoms with van der Waals surface area (Å²) in [6, 6.07) is 21.0. The second-order valence-corrected chi connectivity index (χ2v) is 9.27. The molecule has 0 atom stereocenters. The van der Waals surface area contributed by atoms with Crippen LogP contribution in [0.2, 0.25) is 0 Å². The molecule has 0 spiro atoms. The first-order valence-corrected chi connectivity index (χ1v) is 11.7. The number of amides is 1. The standard InChI is InChI=1S/C26H29BrN2O/c1-20-8-5-9-21(16-20)18-28-15-7-14-25(28)19-29(24-12-3-2-4-13-24)26(30)22-10-6-11-23(27)17-22/h5-11,14-17,24H,2-4,12-13,18-19H2,1H3. The van der Waals surface area contributed by atoms with Crippen molar-refractivity contribution < 1.29 is 4.79 Å². The van der Waals surface area contributed by atoms with Gasteiger partial charge in [-0.15, -0.1) is 0 Å². The van der Waals surface area contributed by atoms with E-state index in [0.29, 0.717) is 12.6 Å². The average Bonchev–Trinajstić information content (AvgIpc) is 3.19. The van der Waals surface area contributed by atoms with Crippen molar-refractivity contribution in [2.75, 3.05) is 0 Å². The number of halogens is 1. The number of nitrogens with zero attached hydrogens (tertiary/aromatic N) is 2. The van der Waals surface area contributed by atoms with Crippen LogP contribution in [0.4, 0.5) is 0 Å². The summed E-state index contributed by atoms with van der Waals surface area (Å²) in [6.07, 6.45) is 8.00. The maximum absolute atomic E-state index is 13.5. The van der Waals surface area contributed by atoms with Gasteiger partial charge in [-0.2, -0.15) is 0 Å². The van der Waals surface area contributed by atoms with Crippen LogP contribution < -0.4 is 0 Å². The fourth-order valence-electron chi connectivity index (χ4n) is 4.48. The summed E-state index contributed by atoms with van der Waals surface area (Å²) in [5, 5.41) is 0. The molecular formula is C26H29BrN2O. The van der Waals surface area contributed by atoms with Gasteiger partial charge in [-0.3, -0.25) is 4.79 Å². The van der Waals surface area contributed by atoms with Gasteiger partial charge in [0.25, 0.3) is 5.91 Å². The molecule has 4 heteroatoms. The van der Waals surface area contributed by atoms with Crippen LogP contribution in [0.1, 0.15) is 59.3 Å². The lowest BCUT2D eigenvalue weighted by atomic mass is 9.93. The minimum atomic E-state index is 0.131. The molecule has 156 valence electrons. The van der Waals surface area contributed by atoms with Gasteiger partial charge in [0.2, 0.25) is 0 Å². The molecule has 1 heterocycles. The van der Waals surface area contributed by atoms with Crippen LogP contribution in [-0.2, 0) is 13.1 Å². The molecule has 0 radical (unpaired) electrons. The highest BCUT2D eigenvalue weighted by molar-refractivity contribution is 9.10. The molecule has 30 heavy (non-hydrogen) atoms. The van der Waals surface area contributed by atoms with E-state index in [9.17, 15) is 4.79 Å². The van der Waals surface area contributed by atoms with Gasteiger partial charge in [-0.05, 0) is 55.7 Å². The van der Waals surface area contributed by atoms with E-state index in [1.165, 1.54) is 36.1 Å². The minimum Gasteiger partial charge on any atom is -0.345 e. The van der Waals surface area contributed by atoms with Crippen molar-refractivity contribution >= 4 is 21.8 Å². The van der Waals surface area contributed by atoms with Gasteiger partial charge in [0, 0.05) is 34.5 Å². The Morgan fingerprint density at radius 1 is 1.03 bits per heavy atom. The average molecular weight is 465 g/mol. The van der Waals surface area contributed by atoms with Gasteiger partial charge in [0.15, 0.2) is 0 Å². The quantitative estimate of drug-likeness (QED) is 0.404. The van der Waals surface area contributed by atoms with Crippen molar-refractivity contribution in [2.24, 2.45) is 0 Å². The van der Waals surface area contributed by atoms with Crippen LogP contribution in [0.5, 0.6) is 0 Å². The van der Waals surface area contributed by atoms with E-state index >= 15 is 0 Å². The Bertz CT molecular complexity index is 1000. The molecule has 0 unspecified atom stereocenters. The number of carbonyl (C=O) groups excluding carboxylic acids is 1. The molecule has 0 N–H and O–H groups in total. The number of carbonyl (C=O) groups is 1. The first-order chi connectivity index (χ1) is 14.6. The van der Waals surface area contributed by atoms with Crippen LogP contribution in [0, 0.1) is 6.92 Å². The van der Waals surface area contributed by atoms with E-state index in [-0.39, 0.29) is 5.91 Å². The Morgan fingerprint density at radius 2 is 1.83 bits per heavy atom. The maximum atomic E-state index is 13.5. The molecule has 3 aromatic rings. The van der Waals surface area contributed by atoms with Gasteiger partial charge in [-0.25, -0.2) is 0 Å². The zero-order valence-electron chi connectivity index (χ0n) is 17.6. The van der Waals surface area contributed by atoms with E-state index in [1.807, 2.05) is 24.3 Å². The number of rotatable bonds is 6. The maximum Gasteiger partial charge on any atom is 0.254 e. The lowest BCUT2D eigenvalue weighted by Gasteiger charge is -2.35. The lowest BCUT2D eigenvalue weighted by molar-refractivity contribution is 0.0608.